The maximum atomic E-state index is 9.07. The first kappa shape index (κ1) is 16.3. The van der Waals surface area contributed by atoms with E-state index in [9.17, 15) is 0 Å². The van der Waals surface area contributed by atoms with Crippen LogP contribution in [0, 0.1) is 0 Å². The van der Waals surface area contributed by atoms with E-state index in [1.54, 1.807) is 24.3 Å². The molecular weight excluding hydrogens is 332 g/mol. The largest absolute Gasteiger partial charge is 0.439 e. The average molecular weight is 347 g/mol. The van der Waals surface area contributed by atoms with Gasteiger partial charge in [-0.2, -0.15) is 4.80 Å². The first-order valence-corrected chi connectivity index (χ1v) is 7.59. The molecule has 8 nitrogen and oxygen atoms in total. The first-order valence-electron chi connectivity index (χ1n) is 7.21. The molecule has 1 unspecified atom stereocenters. The standard InChI is InChI=1S/C15H15ClN6O2/c16-11-3-6-14(18-9-11)24-12-4-1-10(2-5-12)15-19-21-22(20-15)8-7-13(17)23/h1-6,9,13,23H,7-8,17H2. The van der Waals surface area contributed by atoms with Crippen molar-refractivity contribution in [1.29, 1.82) is 0 Å². The summed E-state index contributed by atoms with van der Waals surface area (Å²) in [4.78, 5) is 5.47. The highest BCUT2D eigenvalue weighted by Crippen LogP contribution is 2.23. The maximum absolute atomic E-state index is 9.07. The minimum atomic E-state index is -0.891. The zero-order valence-corrected chi connectivity index (χ0v) is 13.3. The van der Waals surface area contributed by atoms with E-state index >= 15 is 0 Å². The van der Waals surface area contributed by atoms with E-state index < -0.39 is 6.23 Å². The molecule has 0 amide bonds. The minimum absolute atomic E-state index is 0.358. The van der Waals surface area contributed by atoms with Gasteiger partial charge in [-0.25, -0.2) is 4.98 Å². The van der Waals surface area contributed by atoms with Crippen LogP contribution in [0.1, 0.15) is 6.42 Å². The molecule has 1 atom stereocenters. The lowest BCUT2D eigenvalue weighted by atomic mass is 10.2. The van der Waals surface area contributed by atoms with Crippen LogP contribution in [-0.2, 0) is 6.54 Å². The Kier molecular flexibility index (Phi) is 4.99. The number of pyridine rings is 1. The molecule has 3 aromatic rings. The fourth-order valence-corrected chi connectivity index (χ4v) is 2.03. The number of aryl methyl sites for hydroxylation is 1. The number of tetrazole rings is 1. The Morgan fingerprint density at radius 3 is 2.67 bits per heavy atom. The van der Waals surface area contributed by atoms with Gasteiger partial charge in [0.05, 0.1) is 11.6 Å². The van der Waals surface area contributed by atoms with Gasteiger partial charge in [0.1, 0.15) is 12.0 Å². The molecule has 124 valence electrons. The summed E-state index contributed by atoms with van der Waals surface area (Å²) < 4.78 is 5.62. The second-order valence-electron chi connectivity index (χ2n) is 5.01. The fourth-order valence-electron chi connectivity index (χ4n) is 1.92. The van der Waals surface area contributed by atoms with Crippen molar-refractivity contribution in [3.8, 4) is 23.0 Å². The zero-order chi connectivity index (χ0) is 16.9. The Labute approximate surface area is 142 Å². The van der Waals surface area contributed by atoms with E-state index in [1.807, 2.05) is 12.1 Å². The third-order valence-corrected chi connectivity index (χ3v) is 3.34. The molecule has 0 fully saturated rings. The SMILES string of the molecule is NC(O)CCn1nnc(-c2ccc(Oc3ccc(Cl)cn3)cc2)n1. The van der Waals surface area contributed by atoms with Gasteiger partial charge in [0.25, 0.3) is 0 Å². The molecule has 1 aromatic carbocycles. The van der Waals surface area contributed by atoms with Crippen molar-refractivity contribution >= 4 is 11.6 Å². The molecule has 2 aromatic heterocycles. The van der Waals surface area contributed by atoms with Crippen molar-refractivity contribution in [2.24, 2.45) is 5.73 Å². The van der Waals surface area contributed by atoms with E-state index in [0.717, 1.165) is 5.56 Å². The van der Waals surface area contributed by atoms with Crippen molar-refractivity contribution < 1.29 is 9.84 Å². The second kappa shape index (κ2) is 7.35. The highest BCUT2D eigenvalue weighted by atomic mass is 35.5. The summed E-state index contributed by atoms with van der Waals surface area (Å²) in [6.07, 6.45) is 0.986. The number of aliphatic hydroxyl groups is 1. The Morgan fingerprint density at radius 1 is 1.21 bits per heavy atom. The van der Waals surface area contributed by atoms with Crippen LogP contribution in [0.2, 0.25) is 5.02 Å². The molecule has 0 aliphatic rings. The molecule has 2 heterocycles. The summed E-state index contributed by atoms with van der Waals surface area (Å²) in [5, 5.41) is 21.7. The number of rotatable bonds is 6. The molecule has 0 spiro atoms. The first-order chi connectivity index (χ1) is 11.6. The van der Waals surface area contributed by atoms with Crippen LogP contribution in [0.5, 0.6) is 11.6 Å². The lowest BCUT2D eigenvalue weighted by Crippen LogP contribution is -2.21. The van der Waals surface area contributed by atoms with Gasteiger partial charge in [0, 0.05) is 24.2 Å². The summed E-state index contributed by atoms with van der Waals surface area (Å²) in [5.41, 5.74) is 6.08. The molecule has 9 heteroatoms. The maximum Gasteiger partial charge on any atom is 0.219 e. The number of hydrogen-bond donors (Lipinski definition) is 2. The normalized spacial score (nSPS) is 12.1. The molecular formula is C15H15ClN6O2. The summed E-state index contributed by atoms with van der Waals surface area (Å²) in [5.74, 6) is 1.57. The molecule has 0 aliphatic heterocycles. The van der Waals surface area contributed by atoms with Gasteiger partial charge >= 0.3 is 0 Å². The molecule has 24 heavy (non-hydrogen) atoms. The van der Waals surface area contributed by atoms with E-state index in [0.29, 0.717) is 35.4 Å². The number of ether oxygens (including phenoxy) is 1. The molecule has 0 radical (unpaired) electrons. The Bertz CT molecular complexity index is 788. The van der Waals surface area contributed by atoms with Crippen LogP contribution >= 0.6 is 11.6 Å². The van der Waals surface area contributed by atoms with E-state index in [-0.39, 0.29) is 0 Å². The molecule has 0 bridgehead atoms. The van der Waals surface area contributed by atoms with Crippen LogP contribution in [0.4, 0.5) is 0 Å². The Balaban J connectivity index is 1.67. The molecule has 0 aliphatic carbocycles. The van der Waals surface area contributed by atoms with Crippen LogP contribution < -0.4 is 10.5 Å². The number of hydrogen-bond acceptors (Lipinski definition) is 7. The predicted octanol–water partition coefficient (Wildman–Crippen LogP) is 1.85. The zero-order valence-electron chi connectivity index (χ0n) is 12.6. The summed E-state index contributed by atoms with van der Waals surface area (Å²) in [7, 11) is 0. The second-order valence-corrected chi connectivity index (χ2v) is 5.44. The number of nitrogens with two attached hydrogens (primary N) is 1. The summed E-state index contributed by atoms with van der Waals surface area (Å²) in [6, 6.07) is 10.6. The summed E-state index contributed by atoms with van der Waals surface area (Å²) in [6.45, 7) is 0.397. The molecule has 0 saturated heterocycles. The van der Waals surface area contributed by atoms with Crippen LogP contribution in [0.25, 0.3) is 11.4 Å². The van der Waals surface area contributed by atoms with Crippen LogP contribution in [0.15, 0.2) is 42.6 Å². The van der Waals surface area contributed by atoms with Gasteiger partial charge in [0.15, 0.2) is 0 Å². The Morgan fingerprint density at radius 2 is 2.00 bits per heavy atom. The van der Waals surface area contributed by atoms with Gasteiger partial charge < -0.3 is 15.6 Å². The monoisotopic (exact) mass is 346 g/mol. The lowest BCUT2D eigenvalue weighted by Gasteiger charge is -2.04. The smallest absolute Gasteiger partial charge is 0.219 e. The Hall–Kier alpha value is -2.55. The third-order valence-electron chi connectivity index (χ3n) is 3.11. The number of benzene rings is 1. The van der Waals surface area contributed by atoms with Crippen molar-refractivity contribution in [2.45, 2.75) is 19.2 Å². The highest BCUT2D eigenvalue weighted by Gasteiger charge is 2.07. The predicted molar refractivity (Wildman–Crippen MR) is 87.4 cm³/mol. The van der Waals surface area contributed by atoms with E-state index in [4.69, 9.17) is 27.2 Å². The van der Waals surface area contributed by atoms with Gasteiger partial charge in [-0.05, 0) is 35.5 Å². The molecule has 0 saturated carbocycles. The van der Waals surface area contributed by atoms with Crippen molar-refractivity contribution in [2.75, 3.05) is 0 Å². The van der Waals surface area contributed by atoms with Gasteiger partial charge in [0.2, 0.25) is 11.7 Å². The van der Waals surface area contributed by atoms with Crippen molar-refractivity contribution in [3.63, 3.8) is 0 Å². The fraction of sp³-hybridized carbons (Fsp3) is 0.200. The van der Waals surface area contributed by atoms with Gasteiger partial charge in [-0.15, -0.1) is 10.2 Å². The van der Waals surface area contributed by atoms with Crippen LogP contribution in [-0.4, -0.2) is 36.5 Å². The lowest BCUT2D eigenvalue weighted by molar-refractivity contribution is 0.161. The number of nitrogens with zero attached hydrogens (tertiary/aromatic N) is 5. The molecule has 3 rings (SSSR count). The molecule has 3 N–H and O–H groups in total. The third kappa shape index (κ3) is 4.25. The van der Waals surface area contributed by atoms with E-state index in [2.05, 4.69) is 20.4 Å². The highest BCUT2D eigenvalue weighted by molar-refractivity contribution is 6.30. The number of aromatic nitrogens is 5. The van der Waals surface area contributed by atoms with Crippen molar-refractivity contribution in [3.05, 3.63) is 47.6 Å². The minimum Gasteiger partial charge on any atom is -0.439 e. The van der Waals surface area contributed by atoms with Gasteiger partial charge in [-0.3, -0.25) is 0 Å². The van der Waals surface area contributed by atoms with Crippen molar-refractivity contribution in [1.82, 2.24) is 25.2 Å². The van der Waals surface area contributed by atoms with E-state index in [1.165, 1.54) is 11.0 Å². The number of halogens is 1. The average Bonchev–Trinajstić information content (AvgIpc) is 3.05. The topological polar surface area (TPSA) is 112 Å². The summed E-state index contributed by atoms with van der Waals surface area (Å²) >= 11 is 5.78. The van der Waals surface area contributed by atoms with Crippen LogP contribution in [0.3, 0.4) is 0 Å². The van der Waals surface area contributed by atoms with Gasteiger partial charge in [-0.1, -0.05) is 11.6 Å². The number of aliphatic hydroxyl groups excluding tert-OH is 1. The quantitative estimate of drug-likeness (QED) is 0.655.